The predicted molar refractivity (Wildman–Crippen MR) is 87.4 cm³/mol. The van der Waals surface area contributed by atoms with Crippen LogP contribution in [-0.2, 0) is 6.54 Å². The third-order valence-corrected chi connectivity index (χ3v) is 4.17. The zero-order valence-electron chi connectivity index (χ0n) is 12.3. The number of rotatable bonds is 5. The molecule has 0 N–H and O–H groups in total. The topological polar surface area (TPSA) is 63.4 Å². The lowest BCUT2D eigenvalue weighted by Crippen LogP contribution is -2.32. The van der Waals surface area contributed by atoms with Gasteiger partial charge in [-0.2, -0.15) is 0 Å². The van der Waals surface area contributed by atoms with Crippen molar-refractivity contribution in [1.82, 2.24) is 4.90 Å². The summed E-state index contributed by atoms with van der Waals surface area (Å²) in [5, 5.41) is 11.2. The molecule has 1 saturated carbocycles. The van der Waals surface area contributed by atoms with Crippen molar-refractivity contribution in [3.8, 4) is 0 Å². The number of carbonyl (C=O) groups excluding carboxylic acids is 1. The highest BCUT2D eigenvalue weighted by molar-refractivity contribution is 6.33. The van der Waals surface area contributed by atoms with Gasteiger partial charge < -0.3 is 4.90 Å². The van der Waals surface area contributed by atoms with Gasteiger partial charge in [-0.05, 0) is 24.5 Å². The van der Waals surface area contributed by atoms with Gasteiger partial charge >= 0.3 is 0 Å². The fourth-order valence-corrected chi connectivity index (χ4v) is 2.68. The van der Waals surface area contributed by atoms with Gasteiger partial charge in [0, 0.05) is 24.7 Å². The third-order valence-electron chi connectivity index (χ3n) is 3.84. The Labute approximate surface area is 138 Å². The first kappa shape index (κ1) is 15.5. The Kier molecular flexibility index (Phi) is 4.30. The zero-order valence-corrected chi connectivity index (χ0v) is 13.1. The molecular weight excluding hydrogens is 316 g/mol. The summed E-state index contributed by atoms with van der Waals surface area (Å²) in [5.41, 5.74) is 1.08. The van der Waals surface area contributed by atoms with Gasteiger partial charge in [-0.1, -0.05) is 41.9 Å². The molecule has 2 aromatic carbocycles. The fraction of sp³-hybridized carbons (Fsp3) is 0.235. The van der Waals surface area contributed by atoms with E-state index in [1.165, 1.54) is 18.2 Å². The van der Waals surface area contributed by atoms with E-state index in [0.717, 1.165) is 18.4 Å². The number of nitro groups is 1. The van der Waals surface area contributed by atoms with Gasteiger partial charge in [0.05, 0.1) is 15.5 Å². The average molecular weight is 331 g/mol. The van der Waals surface area contributed by atoms with Crippen LogP contribution in [0.5, 0.6) is 0 Å². The average Bonchev–Trinajstić information content (AvgIpc) is 3.38. The van der Waals surface area contributed by atoms with E-state index in [-0.39, 0.29) is 28.2 Å². The van der Waals surface area contributed by atoms with Gasteiger partial charge in [-0.25, -0.2) is 0 Å². The van der Waals surface area contributed by atoms with Gasteiger partial charge in [-0.15, -0.1) is 0 Å². The van der Waals surface area contributed by atoms with E-state index in [9.17, 15) is 14.9 Å². The van der Waals surface area contributed by atoms with E-state index in [1.54, 1.807) is 4.90 Å². The number of amides is 1. The quantitative estimate of drug-likeness (QED) is 0.613. The van der Waals surface area contributed by atoms with Crippen LogP contribution in [-0.4, -0.2) is 21.8 Å². The predicted octanol–water partition coefficient (Wildman–Crippen LogP) is 4.05. The Morgan fingerprint density at radius 3 is 2.52 bits per heavy atom. The Bertz CT molecular complexity index is 745. The number of nitrogens with zero attached hydrogens (tertiary/aromatic N) is 2. The van der Waals surface area contributed by atoms with Crippen LogP contribution >= 0.6 is 11.6 Å². The molecule has 0 spiro atoms. The van der Waals surface area contributed by atoms with Crippen molar-refractivity contribution in [2.24, 2.45) is 0 Å². The molecule has 118 valence electrons. The number of nitro benzene ring substituents is 1. The van der Waals surface area contributed by atoms with Crippen molar-refractivity contribution < 1.29 is 9.72 Å². The lowest BCUT2D eigenvalue weighted by atomic mass is 10.1. The molecule has 0 radical (unpaired) electrons. The highest BCUT2D eigenvalue weighted by Crippen LogP contribution is 2.32. The smallest absolute Gasteiger partial charge is 0.270 e. The molecule has 0 aliphatic heterocycles. The summed E-state index contributed by atoms with van der Waals surface area (Å²) < 4.78 is 0. The van der Waals surface area contributed by atoms with Crippen LogP contribution in [0.3, 0.4) is 0 Å². The van der Waals surface area contributed by atoms with E-state index in [0.29, 0.717) is 6.54 Å². The minimum absolute atomic E-state index is 0.131. The summed E-state index contributed by atoms with van der Waals surface area (Å²) in [7, 11) is 0. The SMILES string of the molecule is O=C(c1cc([N+](=O)[O-])ccc1Cl)N(Cc1ccccc1)C1CC1. The van der Waals surface area contributed by atoms with Crippen molar-refractivity contribution in [1.29, 1.82) is 0 Å². The second-order valence-electron chi connectivity index (χ2n) is 5.57. The highest BCUT2D eigenvalue weighted by Gasteiger charge is 2.34. The molecule has 1 aliphatic rings. The van der Waals surface area contributed by atoms with E-state index in [4.69, 9.17) is 11.6 Å². The van der Waals surface area contributed by atoms with Crippen molar-refractivity contribution in [2.45, 2.75) is 25.4 Å². The molecule has 2 aromatic rings. The Balaban J connectivity index is 1.90. The van der Waals surface area contributed by atoms with Gasteiger partial charge in [-0.3, -0.25) is 14.9 Å². The molecule has 3 rings (SSSR count). The van der Waals surface area contributed by atoms with Crippen LogP contribution < -0.4 is 0 Å². The molecular formula is C17H15ClN2O3. The molecule has 1 amide bonds. The number of carbonyl (C=O) groups is 1. The first-order valence-corrected chi connectivity index (χ1v) is 7.73. The van der Waals surface area contributed by atoms with Crippen molar-refractivity contribution in [2.75, 3.05) is 0 Å². The number of halogens is 1. The molecule has 1 fully saturated rings. The van der Waals surface area contributed by atoms with Crippen LogP contribution in [0.25, 0.3) is 0 Å². The molecule has 0 heterocycles. The van der Waals surface area contributed by atoms with E-state index in [2.05, 4.69) is 0 Å². The number of non-ortho nitro benzene ring substituents is 1. The van der Waals surface area contributed by atoms with Crippen LogP contribution in [0.2, 0.25) is 5.02 Å². The maximum Gasteiger partial charge on any atom is 0.270 e. The summed E-state index contributed by atoms with van der Waals surface area (Å²) in [6, 6.07) is 13.8. The van der Waals surface area contributed by atoms with Gasteiger partial charge in [0.1, 0.15) is 0 Å². The summed E-state index contributed by atoms with van der Waals surface area (Å²) in [6.07, 6.45) is 1.90. The zero-order chi connectivity index (χ0) is 16.4. The summed E-state index contributed by atoms with van der Waals surface area (Å²) in [6.45, 7) is 0.476. The molecule has 0 unspecified atom stereocenters. The minimum Gasteiger partial charge on any atom is -0.331 e. The Morgan fingerprint density at radius 2 is 1.91 bits per heavy atom. The molecule has 0 bridgehead atoms. The third kappa shape index (κ3) is 3.51. The first-order chi connectivity index (χ1) is 11.1. The molecule has 0 aromatic heterocycles. The number of benzene rings is 2. The fourth-order valence-electron chi connectivity index (χ4n) is 2.48. The molecule has 6 heteroatoms. The van der Waals surface area contributed by atoms with Crippen molar-refractivity contribution >= 4 is 23.2 Å². The molecule has 0 atom stereocenters. The van der Waals surface area contributed by atoms with Gasteiger partial charge in [0.2, 0.25) is 0 Å². The van der Waals surface area contributed by atoms with Crippen molar-refractivity contribution in [3.63, 3.8) is 0 Å². The monoisotopic (exact) mass is 330 g/mol. The standard InChI is InChI=1S/C17H15ClN2O3/c18-16-9-8-14(20(22)23)10-15(16)17(21)19(13-6-7-13)11-12-4-2-1-3-5-12/h1-5,8-10,13H,6-7,11H2. The molecule has 1 aliphatic carbocycles. The van der Waals surface area contributed by atoms with E-state index in [1.807, 2.05) is 30.3 Å². The maximum absolute atomic E-state index is 12.8. The first-order valence-electron chi connectivity index (χ1n) is 7.35. The molecule has 5 nitrogen and oxygen atoms in total. The minimum atomic E-state index is -0.522. The van der Waals surface area contributed by atoms with Gasteiger partial charge in [0.15, 0.2) is 0 Å². The summed E-state index contributed by atoms with van der Waals surface area (Å²) in [5.74, 6) is -0.259. The normalized spacial score (nSPS) is 13.6. The lowest BCUT2D eigenvalue weighted by molar-refractivity contribution is -0.384. The second-order valence-corrected chi connectivity index (χ2v) is 5.98. The number of hydrogen-bond donors (Lipinski definition) is 0. The Hall–Kier alpha value is -2.40. The highest BCUT2D eigenvalue weighted by atomic mass is 35.5. The Morgan fingerprint density at radius 1 is 1.22 bits per heavy atom. The largest absolute Gasteiger partial charge is 0.331 e. The second kappa shape index (κ2) is 6.38. The lowest BCUT2D eigenvalue weighted by Gasteiger charge is -2.23. The van der Waals surface area contributed by atoms with E-state index >= 15 is 0 Å². The number of hydrogen-bond acceptors (Lipinski definition) is 3. The van der Waals surface area contributed by atoms with Crippen LogP contribution in [0.15, 0.2) is 48.5 Å². The molecule has 0 saturated heterocycles. The van der Waals surface area contributed by atoms with Crippen LogP contribution in [0, 0.1) is 10.1 Å². The maximum atomic E-state index is 12.8. The van der Waals surface area contributed by atoms with Gasteiger partial charge in [0.25, 0.3) is 11.6 Å². The van der Waals surface area contributed by atoms with Crippen molar-refractivity contribution in [3.05, 3.63) is 74.8 Å². The van der Waals surface area contributed by atoms with Crippen LogP contribution in [0.1, 0.15) is 28.8 Å². The van der Waals surface area contributed by atoms with Crippen LogP contribution in [0.4, 0.5) is 5.69 Å². The van der Waals surface area contributed by atoms with E-state index < -0.39 is 4.92 Å². The summed E-state index contributed by atoms with van der Waals surface area (Å²) >= 11 is 6.10. The summed E-state index contributed by atoms with van der Waals surface area (Å²) in [4.78, 5) is 25.0. The molecule has 23 heavy (non-hydrogen) atoms.